The predicted molar refractivity (Wildman–Crippen MR) is 59.2 cm³/mol. The van der Waals surface area contributed by atoms with Crippen LogP contribution in [0.3, 0.4) is 0 Å². The van der Waals surface area contributed by atoms with Crippen molar-refractivity contribution in [3.8, 4) is 0 Å². The predicted octanol–water partition coefficient (Wildman–Crippen LogP) is 1.39. The third-order valence-corrected chi connectivity index (χ3v) is 2.10. The van der Waals surface area contributed by atoms with E-state index in [1.54, 1.807) is 12.3 Å². The van der Waals surface area contributed by atoms with Gasteiger partial charge in [-0.15, -0.1) is 0 Å². The van der Waals surface area contributed by atoms with E-state index in [0.29, 0.717) is 6.04 Å². The molecule has 0 bridgehead atoms. The lowest BCUT2D eigenvalue weighted by atomic mass is 10.2. The molecule has 2 N–H and O–H groups in total. The Morgan fingerprint density at radius 2 is 2.36 bits per heavy atom. The Bertz CT molecular complexity index is 334. The summed E-state index contributed by atoms with van der Waals surface area (Å²) in [5.74, 6) is 0. The highest BCUT2D eigenvalue weighted by Gasteiger charge is 1.92. The molecule has 0 spiro atoms. The van der Waals surface area contributed by atoms with Crippen LogP contribution < -0.4 is 10.9 Å². The first-order chi connectivity index (χ1) is 6.72. The molecule has 3 nitrogen and oxygen atoms in total. The molecule has 1 aromatic heterocycles. The number of hydrogen-bond acceptors (Lipinski definition) is 2. The van der Waals surface area contributed by atoms with Crippen molar-refractivity contribution in [2.45, 2.75) is 19.4 Å². The zero-order chi connectivity index (χ0) is 10.4. The van der Waals surface area contributed by atoms with E-state index in [1.807, 2.05) is 13.1 Å². The second kappa shape index (κ2) is 5.40. The van der Waals surface area contributed by atoms with Crippen LogP contribution in [-0.4, -0.2) is 18.1 Å². The molecule has 1 atom stereocenters. The summed E-state index contributed by atoms with van der Waals surface area (Å²) in [5, 5.41) is 3.15. The summed E-state index contributed by atoms with van der Waals surface area (Å²) in [6, 6.07) is 3.81. The fraction of sp³-hybridized carbons (Fsp3) is 0.364. The molecular weight excluding hydrogens is 176 g/mol. The van der Waals surface area contributed by atoms with Crippen molar-refractivity contribution in [2.75, 3.05) is 7.05 Å². The average molecular weight is 192 g/mol. The van der Waals surface area contributed by atoms with Gasteiger partial charge in [0.2, 0.25) is 5.56 Å². The van der Waals surface area contributed by atoms with E-state index in [4.69, 9.17) is 0 Å². The van der Waals surface area contributed by atoms with Crippen LogP contribution in [0.25, 0.3) is 6.08 Å². The van der Waals surface area contributed by atoms with Gasteiger partial charge in [-0.2, -0.15) is 0 Å². The maximum atomic E-state index is 10.8. The lowest BCUT2D eigenvalue weighted by Crippen LogP contribution is -2.19. The molecule has 0 amide bonds. The Morgan fingerprint density at radius 3 is 2.93 bits per heavy atom. The highest BCUT2D eigenvalue weighted by molar-refractivity contribution is 5.47. The summed E-state index contributed by atoms with van der Waals surface area (Å²) in [4.78, 5) is 13.4. The van der Waals surface area contributed by atoms with E-state index in [9.17, 15) is 4.79 Å². The highest BCUT2D eigenvalue weighted by atomic mass is 16.1. The zero-order valence-corrected chi connectivity index (χ0v) is 8.58. The highest BCUT2D eigenvalue weighted by Crippen LogP contribution is 1.99. The van der Waals surface area contributed by atoms with Crippen LogP contribution in [-0.2, 0) is 0 Å². The molecular formula is C11H16N2O. The molecule has 1 aromatic rings. The van der Waals surface area contributed by atoms with Gasteiger partial charge < -0.3 is 10.3 Å². The molecule has 0 aliphatic heterocycles. The molecule has 0 aliphatic carbocycles. The molecule has 3 heteroatoms. The van der Waals surface area contributed by atoms with Gasteiger partial charge in [-0.3, -0.25) is 4.79 Å². The van der Waals surface area contributed by atoms with Gasteiger partial charge >= 0.3 is 0 Å². The normalized spacial score (nSPS) is 13.3. The number of nitrogens with one attached hydrogen (secondary N) is 2. The van der Waals surface area contributed by atoms with Crippen molar-refractivity contribution in [1.82, 2.24) is 10.3 Å². The monoisotopic (exact) mass is 192 g/mol. The SMILES string of the molecule is CNC(C)CC=Cc1ccc(=O)[nH]c1. The van der Waals surface area contributed by atoms with Crippen molar-refractivity contribution in [1.29, 1.82) is 0 Å². The Kier molecular flexibility index (Phi) is 4.13. The van der Waals surface area contributed by atoms with Gasteiger partial charge in [-0.05, 0) is 32.0 Å². The average Bonchev–Trinajstić information content (AvgIpc) is 2.21. The largest absolute Gasteiger partial charge is 0.329 e. The minimum absolute atomic E-state index is 0.0641. The van der Waals surface area contributed by atoms with E-state index in [1.165, 1.54) is 6.07 Å². The topological polar surface area (TPSA) is 44.9 Å². The van der Waals surface area contributed by atoms with Gasteiger partial charge in [-0.1, -0.05) is 12.2 Å². The Labute approximate surface area is 83.9 Å². The summed E-state index contributed by atoms with van der Waals surface area (Å²) in [5.41, 5.74) is 0.957. The molecule has 0 saturated heterocycles. The third kappa shape index (κ3) is 3.58. The summed E-state index contributed by atoms with van der Waals surface area (Å²) >= 11 is 0. The first kappa shape index (κ1) is 10.7. The number of pyridine rings is 1. The summed E-state index contributed by atoms with van der Waals surface area (Å²) in [6.45, 7) is 2.12. The third-order valence-electron chi connectivity index (χ3n) is 2.10. The van der Waals surface area contributed by atoms with Crippen LogP contribution in [0.1, 0.15) is 18.9 Å². The van der Waals surface area contributed by atoms with E-state index in [-0.39, 0.29) is 5.56 Å². The molecule has 0 radical (unpaired) electrons. The van der Waals surface area contributed by atoms with Gasteiger partial charge in [0.05, 0.1) is 0 Å². The van der Waals surface area contributed by atoms with Crippen LogP contribution in [0.5, 0.6) is 0 Å². The smallest absolute Gasteiger partial charge is 0.247 e. The molecule has 14 heavy (non-hydrogen) atoms. The fourth-order valence-electron chi connectivity index (χ4n) is 1.05. The standard InChI is InChI=1S/C11H16N2O/c1-9(12-2)4-3-5-10-6-7-11(14)13-8-10/h3,5-9,12H,4H2,1-2H3,(H,13,14). The van der Waals surface area contributed by atoms with Crippen molar-refractivity contribution in [3.63, 3.8) is 0 Å². The lowest BCUT2D eigenvalue weighted by molar-refractivity contribution is 0.621. The van der Waals surface area contributed by atoms with Crippen LogP contribution in [0.2, 0.25) is 0 Å². The number of rotatable bonds is 4. The van der Waals surface area contributed by atoms with Gasteiger partial charge in [0.25, 0.3) is 0 Å². The number of hydrogen-bond donors (Lipinski definition) is 2. The minimum Gasteiger partial charge on any atom is -0.329 e. The molecule has 0 aromatic carbocycles. The van der Waals surface area contributed by atoms with Crippen molar-refractivity contribution in [2.24, 2.45) is 0 Å². The molecule has 0 saturated carbocycles. The molecule has 0 fully saturated rings. The number of aromatic nitrogens is 1. The van der Waals surface area contributed by atoms with Crippen LogP contribution in [0, 0.1) is 0 Å². The fourth-order valence-corrected chi connectivity index (χ4v) is 1.05. The maximum Gasteiger partial charge on any atom is 0.247 e. The number of aromatic amines is 1. The van der Waals surface area contributed by atoms with Crippen molar-refractivity contribution >= 4 is 6.08 Å². The molecule has 0 aliphatic rings. The minimum atomic E-state index is -0.0641. The lowest BCUT2D eigenvalue weighted by Gasteiger charge is -2.04. The van der Waals surface area contributed by atoms with Crippen molar-refractivity contribution in [3.05, 3.63) is 40.3 Å². The van der Waals surface area contributed by atoms with Gasteiger partial charge in [0.15, 0.2) is 0 Å². The Morgan fingerprint density at radius 1 is 1.57 bits per heavy atom. The Balaban J connectivity index is 2.52. The molecule has 76 valence electrons. The quantitative estimate of drug-likeness (QED) is 0.757. The first-order valence-corrected chi connectivity index (χ1v) is 4.75. The summed E-state index contributed by atoms with van der Waals surface area (Å²) in [7, 11) is 1.94. The van der Waals surface area contributed by atoms with E-state index in [2.05, 4.69) is 23.3 Å². The van der Waals surface area contributed by atoms with Gasteiger partial charge in [0, 0.05) is 18.3 Å². The van der Waals surface area contributed by atoms with E-state index < -0.39 is 0 Å². The Hall–Kier alpha value is -1.35. The molecule has 1 unspecified atom stereocenters. The number of H-pyrrole nitrogens is 1. The summed E-state index contributed by atoms with van der Waals surface area (Å²) in [6.07, 6.45) is 6.79. The van der Waals surface area contributed by atoms with Gasteiger partial charge in [0.1, 0.15) is 0 Å². The van der Waals surface area contributed by atoms with Crippen LogP contribution in [0.4, 0.5) is 0 Å². The van der Waals surface area contributed by atoms with Gasteiger partial charge in [-0.25, -0.2) is 0 Å². The van der Waals surface area contributed by atoms with Crippen LogP contribution >= 0.6 is 0 Å². The zero-order valence-electron chi connectivity index (χ0n) is 8.58. The maximum absolute atomic E-state index is 10.8. The van der Waals surface area contributed by atoms with E-state index in [0.717, 1.165) is 12.0 Å². The second-order valence-corrected chi connectivity index (χ2v) is 3.31. The first-order valence-electron chi connectivity index (χ1n) is 4.75. The van der Waals surface area contributed by atoms with Crippen LogP contribution in [0.15, 0.2) is 29.2 Å². The molecule has 1 rings (SSSR count). The molecule has 1 heterocycles. The van der Waals surface area contributed by atoms with E-state index >= 15 is 0 Å². The second-order valence-electron chi connectivity index (χ2n) is 3.31. The summed E-state index contributed by atoms with van der Waals surface area (Å²) < 4.78 is 0. The van der Waals surface area contributed by atoms with Crippen molar-refractivity contribution < 1.29 is 0 Å².